The highest BCUT2D eigenvalue weighted by Crippen LogP contribution is 2.43. The Hall–Kier alpha value is -1.24. The van der Waals surface area contributed by atoms with Crippen molar-refractivity contribution in [3.05, 3.63) is 35.2 Å². The Morgan fingerprint density at radius 3 is 2.64 bits per heavy atom. The summed E-state index contributed by atoms with van der Waals surface area (Å²) < 4.78 is 33.5. The van der Waals surface area contributed by atoms with Crippen molar-refractivity contribution in [2.45, 2.75) is 17.6 Å². The van der Waals surface area contributed by atoms with Crippen molar-refractivity contribution >= 4 is 35.0 Å². The predicted molar refractivity (Wildman–Crippen MR) is 80.0 cm³/mol. The zero-order chi connectivity index (χ0) is 17.1. The largest absolute Gasteiger partial charge is 0.462 e. The summed E-state index contributed by atoms with van der Waals surface area (Å²) in [6.07, 6.45) is 1.32. The fraction of sp³-hybridized carbons (Fsp3) is 0.429. The highest BCUT2D eigenvalue weighted by molar-refractivity contribution is 6.34. The number of rotatable bonds is 6. The average molecular weight is 354 g/mol. The minimum absolute atomic E-state index is 0.289. The molecule has 0 saturated heterocycles. The lowest BCUT2D eigenvalue weighted by atomic mass is 9.91. The van der Waals surface area contributed by atoms with Crippen LogP contribution in [0.1, 0.15) is 6.42 Å². The standard InChI is InChI=1S/C14H15Cl2F2NO3/c1-4-11(21)22-6-5-9(20)12-8(17)7-10(15)14(18,13(12)16)19(2)3/h4,7,13H,1,5-6H2,2-3H3. The molecule has 0 spiro atoms. The van der Waals surface area contributed by atoms with E-state index in [1.807, 2.05) is 0 Å². The van der Waals surface area contributed by atoms with Crippen molar-refractivity contribution in [3.8, 4) is 0 Å². The van der Waals surface area contributed by atoms with E-state index in [4.69, 9.17) is 23.2 Å². The number of hydrogen-bond donors (Lipinski definition) is 0. The first-order valence-electron chi connectivity index (χ1n) is 6.26. The highest BCUT2D eigenvalue weighted by Gasteiger charge is 2.50. The van der Waals surface area contributed by atoms with E-state index in [0.717, 1.165) is 17.1 Å². The molecule has 0 aromatic rings. The second kappa shape index (κ2) is 7.35. The highest BCUT2D eigenvalue weighted by atomic mass is 35.5. The summed E-state index contributed by atoms with van der Waals surface area (Å²) in [6, 6.07) is 0. The smallest absolute Gasteiger partial charge is 0.330 e. The van der Waals surface area contributed by atoms with Crippen molar-refractivity contribution in [2.24, 2.45) is 0 Å². The lowest BCUT2D eigenvalue weighted by Crippen LogP contribution is -2.51. The maximum atomic E-state index is 14.9. The Kier molecular flexibility index (Phi) is 6.28. The second-order valence-electron chi connectivity index (χ2n) is 4.73. The number of ether oxygens (including phenoxy) is 1. The number of halogens is 4. The number of esters is 1. The van der Waals surface area contributed by atoms with Gasteiger partial charge in [-0.15, -0.1) is 11.6 Å². The minimum atomic E-state index is -2.40. The number of Topliss-reactive ketones (excluding diaryl/α,β-unsaturated/α-hetero) is 1. The van der Waals surface area contributed by atoms with Crippen LogP contribution in [0.15, 0.2) is 35.2 Å². The fourth-order valence-electron chi connectivity index (χ4n) is 1.88. The quantitative estimate of drug-likeness (QED) is 0.319. The SMILES string of the molecule is C=CC(=O)OCCC(=O)C1=C(F)C=C(Cl)C(F)(N(C)C)C1Cl. The maximum absolute atomic E-state index is 14.9. The zero-order valence-electron chi connectivity index (χ0n) is 12.0. The van der Waals surface area contributed by atoms with Gasteiger partial charge in [-0.3, -0.25) is 9.69 Å². The molecule has 0 heterocycles. The summed E-state index contributed by atoms with van der Waals surface area (Å²) in [5.74, 6) is -4.88. The van der Waals surface area contributed by atoms with E-state index in [2.05, 4.69) is 11.3 Å². The Bertz CT molecular complexity index is 560. The number of carbonyl (C=O) groups excluding carboxylic acids is 2. The number of allylic oxidation sites excluding steroid dienone is 2. The van der Waals surface area contributed by atoms with Crippen molar-refractivity contribution in [1.82, 2.24) is 4.90 Å². The molecule has 0 saturated carbocycles. The van der Waals surface area contributed by atoms with Crippen molar-refractivity contribution in [3.63, 3.8) is 0 Å². The van der Waals surface area contributed by atoms with Crippen molar-refractivity contribution in [1.29, 1.82) is 0 Å². The van der Waals surface area contributed by atoms with Gasteiger partial charge < -0.3 is 4.74 Å². The Morgan fingerprint density at radius 1 is 1.55 bits per heavy atom. The normalized spacial score (nSPS) is 25.0. The summed E-state index contributed by atoms with van der Waals surface area (Å²) in [7, 11) is 2.73. The molecule has 1 rings (SSSR count). The number of likely N-dealkylation sites (N-methyl/N-ethyl adjacent to an activating group) is 1. The van der Waals surface area contributed by atoms with E-state index in [9.17, 15) is 18.4 Å². The third-order valence-corrected chi connectivity index (χ3v) is 4.01. The van der Waals surface area contributed by atoms with Crippen LogP contribution in [0.3, 0.4) is 0 Å². The molecule has 4 nitrogen and oxygen atoms in total. The number of nitrogens with zero attached hydrogens (tertiary/aromatic N) is 1. The number of hydrogen-bond acceptors (Lipinski definition) is 4. The van der Waals surface area contributed by atoms with Gasteiger partial charge in [0, 0.05) is 12.5 Å². The average Bonchev–Trinajstić information content (AvgIpc) is 2.44. The molecule has 0 bridgehead atoms. The summed E-state index contributed by atoms with van der Waals surface area (Å²) >= 11 is 11.7. The van der Waals surface area contributed by atoms with Crippen LogP contribution in [0.5, 0.6) is 0 Å². The van der Waals surface area contributed by atoms with Gasteiger partial charge in [0.1, 0.15) is 11.2 Å². The zero-order valence-corrected chi connectivity index (χ0v) is 13.5. The first kappa shape index (κ1) is 18.8. The Balaban J connectivity index is 2.97. The van der Waals surface area contributed by atoms with E-state index < -0.39 is 39.4 Å². The molecule has 0 aliphatic heterocycles. The molecular weight excluding hydrogens is 339 g/mol. The maximum Gasteiger partial charge on any atom is 0.330 e. The van der Waals surface area contributed by atoms with E-state index >= 15 is 0 Å². The number of carbonyl (C=O) groups is 2. The molecule has 122 valence electrons. The molecule has 22 heavy (non-hydrogen) atoms. The van der Waals surface area contributed by atoms with Crippen LogP contribution in [-0.4, -0.2) is 48.5 Å². The van der Waals surface area contributed by atoms with Crippen LogP contribution < -0.4 is 0 Å². The van der Waals surface area contributed by atoms with Gasteiger partial charge >= 0.3 is 5.97 Å². The van der Waals surface area contributed by atoms with Crippen molar-refractivity contribution < 1.29 is 23.1 Å². The summed E-state index contributed by atoms with van der Waals surface area (Å²) in [4.78, 5) is 24.0. The van der Waals surface area contributed by atoms with Crippen LogP contribution in [0.25, 0.3) is 0 Å². The summed E-state index contributed by atoms with van der Waals surface area (Å²) in [6.45, 7) is 2.90. The molecule has 1 aliphatic carbocycles. The number of ketones is 1. The molecule has 0 aromatic heterocycles. The van der Waals surface area contributed by atoms with Gasteiger partial charge in [0.25, 0.3) is 0 Å². The van der Waals surface area contributed by atoms with Crippen LogP contribution in [0.4, 0.5) is 8.78 Å². The first-order valence-corrected chi connectivity index (χ1v) is 7.07. The number of alkyl halides is 2. The van der Waals surface area contributed by atoms with Gasteiger partial charge in [0.15, 0.2) is 5.78 Å². The lowest BCUT2D eigenvalue weighted by molar-refractivity contribution is -0.138. The van der Waals surface area contributed by atoms with Crippen LogP contribution in [0.2, 0.25) is 0 Å². The first-order chi connectivity index (χ1) is 10.2. The molecule has 0 N–H and O–H groups in total. The minimum Gasteiger partial charge on any atom is -0.462 e. The van der Waals surface area contributed by atoms with E-state index in [1.165, 1.54) is 14.1 Å². The Morgan fingerprint density at radius 2 is 2.14 bits per heavy atom. The topological polar surface area (TPSA) is 46.6 Å². The Labute approximate surface area is 137 Å². The van der Waals surface area contributed by atoms with Crippen LogP contribution >= 0.6 is 23.2 Å². The van der Waals surface area contributed by atoms with Crippen LogP contribution in [0, 0.1) is 0 Å². The predicted octanol–water partition coefficient (Wildman–Crippen LogP) is 2.87. The van der Waals surface area contributed by atoms with Crippen LogP contribution in [-0.2, 0) is 14.3 Å². The van der Waals surface area contributed by atoms with Crippen molar-refractivity contribution in [2.75, 3.05) is 20.7 Å². The molecule has 1 aliphatic rings. The van der Waals surface area contributed by atoms with Gasteiger partial charge in [0.2, 0.25) is 5.79 Å². The van der Waals surface area contributed by atoms with E-state index in [0.29, 0.717) is 0 Å². The summed E-state index contributed by atoms with van der Waals surface area (Å²) in [5, 5.41) is -2.08. The molecule has 8 heteroatoms. The molecule has 2 unspecified atom stereocenters. The molecule has 0 fully saturated rings. The lowest BCUT2D eigenvalue weighted by Gasteiger charge is -2.38. The van der Waals surface area contributed by atoms with E-state index in [1.54, 1.807) is 0 Å². The molecular formula is C14H15Cl2F2NO3. The molecule has 2 atom stereocenters. The molecule has 0 radical (unpaired) electrons. The van der Waals surface area contributed by atoms with Gasteiger partial charge in [-0.25, -0.2) is 13.6 Å². The fourth-order valence-corrected chi connectivity index (χ4v) is 2.84. The van der Waals surface area contributed by atoms with Gasteiger partial charge in [-0.2, -0.15) is 0 Å². The second-order valence-corrected chi connectivity index (χ2v) is 5.57. The monoisotopic (exact) mass is 353 g/mol. The van der Waals surface area contributed by atoms with Gasteiger partial charge in [-0.05, 0) is 20.2 Å². The van der Waals surface area contributed by atoms with Gasteiger partial charge in [-0.1, -0.05) is 18.2 Å². The third kappa shape index (κ3) is 3.56. The van der Waals surface area contributed by atoms with E-state index in [-0.39, 0.29) is 13.0 Å². The molecule has 0 amide bonds. The molecule has 0 aromatic carbocycles. The third-order valence-electron chi connectivity index (χ3n) is 3.13. The van der Waals surface area contributed by atoms with Gasteiger partial charge in [0.05, 0.1) is 17.2 Å². The summed E-state index contributed by atoms with van der Waals surface area (Å²) in [5.41, 5.74) is -0.531.